The van der Waals surface area contributed by atoms with Gasteiger partial charge in [0.05, 0.1) is 4.92 Å². The Balaban J connectivity index is 1.75. The van der Waals surface area contributed by atoms with Gasteiger partial charge in [0.15, 0.2) is 0 Å². The molecule has 1 N–H and O–H groups in total. The summed E-state index contributed by atoms with van der Waals surface area (Å²) in [5.41, 5.74) is 0.124. The molecule has 1 amide bonds. The molecule has 0 saturated heterocycles. The number of hydrogen-bond acceptors (Lipinski definition) is 6. The van der Waals surface area contributed by atoms with Gasteiger partial charge in [-0.05, 0) is 36.4 Å². The van der Waals surface area contributed by atoms with Crippen molar-refractivity contribution in [3.63, 3.8) is 0 Å². The molecule has 0 saturated carbocycles. The highest BCUT2D eigenvalue weighted by Crippen LogP contribution is 2.27. The average molecular weight is 393 g/mol. The van der Waals surface area contributed by atoms with Gasteiger partial charge >= 0.3 is 5.76 Å². The van der Waals surface area contributed by atoms with Crippen molar-refractivity contribution in [3.8, 4) is 11.5 Å². The van der Waals surface area contributed by atoms with Crippen LogP contribution in [-0.4, -0.2) is 20.6 Å². The van der Waals surface area contributed by atoms with Gasteiger partial charge in [0.2, 0.25) is 11.8 Å². The number of halogens is 2. The number of nitro groups is 1. The van der Waals surface area contributed by atoms with Crippen LogP contribution in [0.5, 0.6) is 0 Å². The smallest absolute Gasteiger partial charge is 0.388 e. The Hall–Kier alpha value is -3.53. The number of carbonyl (C=O) groups is 1. The van der Waals surface area contributed by atoms with Crippen molar-refractivity contribution >= 4 is 28.9 Å². The van der Waals surface area contributed by atoms with Gasteiger partial charge in [-0.3, -0.25) is 14.9 Å². The van der Waals surface area contributed by atoms with Gasteiger partial charge in [-0.25, -0.2) is 9.18 Å². The van der Waals surface area contributed by atoms with Crippen LogP contribution in [-0.2, 0) is 11.3 Å². The SMILES string of the molecule is O=C(Cn1nc(-c2ccc(F)cc2)oc1=O)Nc1ccc(Cl)c([N+](=O)[O-])c1. The molecule has 3 aromatic rings. The second kappa shape index (κ2) is 7.38. The molecule has 0 radical (unpaired) electrons. The average Bonchev–Trinajstić information content (AvgIpc) is 2.97. The summed E-state index contributed by atoms with van der Waals surface area (Å²) in [7, 11) is 0. The van der Waals surface area contributed by atoms with Crippen molar-refractivity contribution in [3.05, 3.63) is 74.0 Å². The van der Waals surface area contributed by atoms with E-state index in [1.807, 2.05) is 0 Å². The minimum Gasteiger partial charge on any atom is -0.388 e. The van der Waals surface area contributed by atoms with Gasteiger partial charge in [-0.2, -0.15) is 4.68 Å². The lowest BCUT2D eigenvalue weighted by Gasteiger charge is -2.05. The Morgan fingerprint density at radius 3 is 2.67 bits per heavy atom. The molecule has 3 rings (SSSR count). The van der Waals surface area contributed by atoms with E-state index in [2.05, 4.69) is 10.4 Å². The molecular formula is C16H10ClFN4O5. The second-order valence-corrected chi connectivity index (χ2v) is 5.72. The van der Waals surface area contributed by atoms with Crippen LogP contribution in [0.25, 0.3) is 11.5 Å². The monoisotopic (exact) mass is 392 g/mol. The number of amides is 1. The number of rotatable bonds is 5. The van der Waals surface area contributed by atoms with Gasteiger partial charge in [0.25, 0.3) is 5.69 Å². The zero-order chi connectivity index (χ0) is 19.6. The van der Waals surface area contributed by atoms with Gasteiger partial charge < -0.3 is 9.73 Å². The van der Waals surface area contributed by atoms with E-state index < -0.39 is 28.9 Å². The highest BCUT2D eigenvalue weighted by molar-refractivity contribution is 6.32. The molecule has 9 nitrogen and oxygen atoms in total. The third-order valence-electron chi connectivity index (χ3n) is 3.42. The first-order valence-electron chi connectivity index (χ1n) is 7.41. The Morgan fingerprint density at radius 2 is 2.00 bits per heavy atom. The van der Waals surface area contributed by atoms with Crippen molar-refractivity contribution in [2.45, 2.75) is 6.54 Å². The molecule has 1 heterocycles. The van der Waals surface area contributed by atoms with Crippen molar-refractivity contribution < 1.29 is 18.5 Å². The number of hydrogen-bond donors (Lipinski definition) is 1. The lowest BCUT2D eigenvalue weighted by atomic mass is 10.2. The zero-order valence-electron chi connectivity index (χ0n) is 13.4. The summed E-state index contributed by atoms with van der Waals surface area (Å²) >= 11 is 5.70. The number of aromatic nitrogens is 2. The van der Waals surface area contributed by atoms with E-state index in [1.54, 1.807) is 0 Å². The predicted octanol–water partition coefficient (Wildman–Crippen LogP) is 2.84. The fourth-order valence-electron chi connectivity index (χ4n) is 2.18. The Morgan fingerprint density at radius 1 is 1.30 bits per heavy atom. The number of carbonyl (C=O) groups excluding carboxylic acids is 1. The molecule has 0 atom stereocenters. The van der Waals surface area contributed by atoms with E-state index in [0.717, 1.165) is 10.7 Å². The van der Waals surface area contributed by atoms with Crippen LogP contribution in [0, 0.1) is 15.9 Å². The molecule has 2 aromatic carbocycles. The van der Waals surface area contributed by atoms with Crippen LogP contribution in [0.3, 0.4) is 0 Å². The Labute approximate surface area is 155 Å². The first-order valence-corrected chi connectivity index (χ1v) is 7.79. The van der Waals surface area contributed by atoms with Crippen LogP contribution in [0.2, 0.25) is 5.02 Å². The van der Waals surface area contributed by atoms with E-state index in [0.29, 0.717) is 5.56 Å². The zero-order valence-corrected chi connectivity index (χ0v) is 14.1. The van der Waals surface area contributed by atoms with Crippen LogP contribution in [0.1, 0.15) is 0 Å². The summed E-state index contributed by atoms with van der Waals surface area (Å²) in [5, 5.41) is 17.1. The molecule has 138 valence electrons. The van der Waals surface area contributed by atoms with Crippen LogP contribution >= 0.6 is 11.6 Å². The topological polar surface area (TPSA) is 120 Å². The highest BCUT2D eigenvalue weighted by atomic mass is 35.5. The summed E-state index contributed by atoms with van der Waals surface area (Å²) in [6.07, 6.45) is 0. The minimum atomic E-state index is -0.883. The third kappa shape index (κ3) is 4.18. The molecule has 0 aliphatic heterocycles. The van der Waals surface area contributed by atoms with E-state index in [4.69, 9.17) is 16.0 Å². The second-order valence-electron chi connectivity index (χ2n) is 5.31. The first-order chi connectivity index (χ1) is 12.8. The maximum absolute atomic E-state index is 12.9. The summed E-state index contributed by atoms with van der Waals surface area (Å²) in [4.78, 5) is 34.1. The molecule has 27 heavy (non-hydrogen) atoms. The van der Waals surface area contributed by atoms with E-state index in [9.17, 15) is 24.1 Å². The molecule has 0 unspecified atom stereocenters. The third-order valence-corrected chi connectivity index (χ3v) is 3.74. The fourth-order valence-corrected chi connectivity index (χ4v) is 2.37. The fraction of sp³-hybridized carbons (Fsp3) is 0.0625. The number of anilines is 1. The normalized spacial score (nSPS) is 10.6. The summed E-state index contributed by atoms with van der Waals surface area (Å²) in [6.45, 7) is -0.486. The Bertz CT molecular complexity index is 1080. The van der Waals surface area contributed by atoms with Gasteiger partial charge in [-0.1, -0.05) is 11.6 Å². The molecule has 11 heteroatoms. The van der Waals surface area contributed by atoms with Crippen molar-refractivity contribution in [2.75, 3.05) is 5.32 Å². The molecule has 0 fully saturated rings. The van der Waals surface area contributed by atoms with Crippen LogP contribution in [0.4, 0.5) is 15.8 Å². The standard InChI is InChI=1S/C16H10ClFN4O5/c17-12-6-5-11(7-13(12)22(25)26)19-14(23)8-21-16(24)27-15(20-21)9-1-3-10(18)4-2-9/h1-7H,8H2,(H,19,23). The summed E-state index contributed by atoms with van der Waals surface area (Å²) < 4.78 is 18.7. The molecule has 0 aliphatic rings. The number of nitro benzene ring substituents is 1. The lowest BCUT2D eigenvalue weighted by Crippen LogP contribution is -2.25. The maximum atomic E-state index is 12.9. The van der Waals surface area contributed by atoms with Crippen LogP contribution < -0.4 is 11.1 Å². The first kappa shape index (κ1) is 18.3. The summed E-state index contributed by atoms with van der Waals surface area (Å²) in [5.74, 6) is -2.08. The predicted molar refractivity (Wildman–Crippen MR) is 92.9 cm³/mol. The van der Waals surface area contributed by atoms with Gasteiger partial charge in [0, 0.05) is 17.3 Å². The van der Waals surface area contributed by atoms with Gasteiger partial charge in [0.1, 0.15) is 17.4 Å². The summed E-state index contributed by atoms with van der Waals surface area (Å²) in [6, 6.07) is 8.83. The van der Waals surface area contributed by atoms with Crippen molar-refractivity contribution in [2.24, 2.45) is 0 Å². The number of nitrogens with zero attached hydrogens (tertiary/aromatic N) is 3. The molecule has 0 spiro atoms. The molecule has 0 aliphatic carbocycles. The molecule has 0 bridgehead atoms. The minimum absolute atomic E-state index is 0.0741. The molecular weight excluding hydrogens is 383 g/mol. The van der Waals surface area contributed by atoms with E-state index >= 15 is 0 Å². The van der Waals surface area contributed by atoms with Crippen LogP contribution in [0.15, 0.2) is 51.7 Å². The van der Waals surface area contributed by atoms with Crippen molar-refractivity contribution in [1.82, 2.24) is 9.78 Å². The lowest BCUT2D eigenvalue weighted by molar-refractivity contribution is -0.384. The molecule has 1 aromatic heterocycles. The van der Waals surface area contributed by atoms with E-state index in [1.165, 1.54) is 36.4 Å². The largest absolute Gasteiger partial charge is 0.437 e. The van der Waals surface area contributed by atoms with E-state index in [-0.39, 0.29) is 22.3 Å². The van der Waals surface area contributed by atoms with Gasteiger partial charge in [-0.15, -0.1) is 5.10 Å². The maximum Gasteiger partial charge on any atom is 0.437 e. The Kier molecular flexibility index (Phi) is 4.99. The number of nitrogens with one attached hydrogen (secondary N) is 1. The quantitative estimate of drug-likeness (QED) is 0.526. The number of benzene rings is 2. The highest BCUT2D eigenvalue weighted by Gasteiger charge is 2.16. The van der Waals surface area contributed by atoms with Crippen molar-refractivity contribution in [1.29, 1.82) is 0 Å².